The minimum Gasteiger partial charge on any atom is -0.301 e. The Morgan fingerprint density at radius 3 is 2.60 bits per heavy atom. The zero-order valence-corrected chi connectivity index (χ0v) is 13.3. The molecule has 0 unspecified atom stereocenters. The molecule has 0 spiro atoms. The van der Waals surface area contributed by atoms with Gasteiger partial charge in [0.1, 0.15) is 0 Å². The fraction of sp³-hybridized carbons (Fsp3) is 0.556. The lowest BCUT2D eigenvalue weighted by atomic mass is 10.00. The summed E-state index contributed by atoms with van der Waals surface area (Å²) in [5, 5.41) is 0. The van der Waals surface area contributed by atoms with Gasteiger partial charge >= 0.3 is 0 Å². The largest absolute Gasteiger partial charge is 0.301 e. The highest BCUT2D eigenvalue weighted by molar-refractivity contribution is 5.52. The Kier molecular flexibility index (Phi) is 5.38. The van der Waals surface area contributed by atoms with E-state index in [4.69, 9.17) is 0 Å². The SMILES string of the molecule is C/C(=C\c1ccccc1)CN1CCN(C)[C@@H](C(C)C)C1. The van der Waals surface area contributed by atoms with Crippen LogP contribution in [0.25, 0.3) is 6.08 Å². The fourth-order valence-electron chi connectivity index (χ4n) is 3.06. The minimum atomic E-state index is 0.688. The number of likely N-dealkylation sites (N-methyl/N-ethyl adjacent to an activating group) is 1. The number of nitrogens with zero attached hydrogens (tertiary/aromatic N) is 2. The molecule has 1 aromatic rings. The Morgan fingerprint density at radius 2 is 1.95 bits per heavy atom. The van der Waals surface area contributed by atoms with Gasteiger partial charge in [-0.25, -0.2) is 0 Å². The van der Waals surface area contributed by atoms with Crippen LogP contribution in [0.15, 0.2) is 35.9 Å². The molecule has 20 heavy (non-hydrogen) atoms. The van der Waals surface area contributed by atoms with E-state index in [2.05, 4.69) is 74.0 Å². The average molecular weight is 272 g/mol. The summed E-state index contributed by atoms with van der Waals surface area (Å²) in [6.07, 6.45) is 2.31. The highest BCUT2D eigenvalue weighted by Gasteiger charge is 2.26. The second-order valence-electron chi connectivity index (χ2n) is 6.43. The van der Waals surface area contributed by atoms with E-state index in [1.807, 2.05) is 0 Å². The Bertz CT molecular complexity index is 436. The van der Waals surface area contributed by atoms with Crippen molar-refractivity contribution in [2.45, 2.75) is 26.8 Å². The molecule has 2 heteroatoms. The summed E-state index contributed by atoms with van der Waals surface area (Å²) in [6.45, 7) is 11.5. The highest BCUT2D eigenvalue weighted by atomic mass is 15.3. The molecule has 110 valence electrons. The molecule has 2 rings (SSSR count). The molecule has 1 atom stereocenters. The maximum Gasteiger partial charge on any atom is 0.0243 e. The molecule has 0 bridgehead atoms. The van der Waals surface area contributed by atoms with Gasteiger partial charge in [0.05, 0.1) is 0 Å². The van der Waals surface area contributed by atoms with Crippen LogP contribution >= 0.6 is 0 Å². The van der Waals surface area contributed by atoms with E-state index in [-0.39, 0.29) is 0 Å². The van der Waals surface area contributed by atoms with Crippen molar-refractivity contribution in [3.05, 3.63) is 41.5 Å². The van der Waals surface area contributed by atoms with Gasteiger partial charge in [-0.15, -0.1) is 0 Å². The van der Waals surface area contributed by atoms with Crippen LogP contribution in [0.3, 0.4) is 0 Å². The van der Waals surface area contributed by atoms with Crippen molar-refractivity contribution in [3.63, 3.8) is 0 Å². The first kappa shape index (κ1) is 15.3. The molecule has 1 fully saturated rings. The van der Waals surface area contributed by atoms with Gasteiger partial charge in [-0.2, -0.15) is 0 Å². The standard InChI is InChI=1S/C18H28N2/c1-15(2)18-14-20(11-10-19(18)4)13-16(3)12-17-8-6-5-7-9-17/h5-9,12,15,18H,10-11,13-14H2,1-4H3/b16-12+/t18-/m1/s1. The van der Waals surface area contributed by atoms with E-state index in [0.717, 1.165) is 12.5 Å². The first-order valence-electron chi connectivity index (χ1n) is 7.71. The Balaban J connectivity index is 1.94. The molecule has 0 amide bonds. The molecule has 1 aliphatic rings. The van der Waals surface area contributed by atoms with Crippen LogP contribution < -0.4 is 0 Å². The molecule has 0 saturated carbocycles. The molecule has 0 aromatic heterocycles. The van der Waals surface area contributed by atoms with E-state index >= 15 is 0 Å². The van der Waals surface area contributed by atoms with Gasteiger partial charge in [0.2, 0.25) is 0 Å². The van der Waals surface area contributed by atoms with Crippen molar-refractivity contribution >= 4 is 6.08 Å². The van der Waals surface area contributed by atoms with Crippen molar-refractivity contribution in [1.82, 2.24) is 9.80 Å². The topological polar surface area (TPSA) is 6.48 Å². The molecule has 1 saturated heterocycles. The van der Waals surface area contributed by atoms with Crippen LogP contribution in [0.5, 0.6) is 0 Å². The summed E-state index contributed by atoms with van der Waals surface area (Å²) in [4.78, 5) is 5.11. The number of hydrogen-bond donors (Lipinski definition) is 0. The quantitative estimate of drug-likeness (QED) is 0.829. The molecule has 0 radical (unpaired) electrons. The minimum absolute atomic E-state index is 0.688. The van der Waals surface area contributed by atoms with Gasteiger partial charge in [0.15, 0.2) is 0 Å². The predicted molar refractivity (Wildman–Crippen MR) is 87.8 cm³/mol. The molecule has 1 aromatic carbocycles. The smallest absolute Gasteiger partial charge is 0.0243 e. The van der Waals surface area contributed by atoms with Crippen molar-refractivity contribution in [3.8, 4) is 0 Å². The first-order chi connectivity index (χ1) is 9.56. The number of hydrogen-bond acceptors (Lipinski definition) is 2. The van der Waals surface area contributed by atoms with E-state index in [9.17, 15) is 0 Å². The summed E-state index contributed by atoms with van der Waals surface area (Å²) >= 11 is 0. The zero-order valence-electron chi connectivity index (χ0n) is 13.3. The monoisotopic (exact) mass is 272 g/mol. The summed E-state index contributed by atoms with van der Waals surface area (Å²) in [5.74, 6) is 0.723. The van der Waals surface area contributed by atoms with Crippen molar-refractivity contribution in [2.75, 3.05) is 33.2 Å². The summed E-state index contributed by atoms with van der Waals surface area (Å²) in [6, 6.07) is 11.3. The number of benzene rings is 1. The Morgan fingerprint density at radius 1 is 1.25 bits per heavy atom. The highest BCUT2D eigenvalue weighted by Crippen LogP contribution is 2.17. The lowest BCUT2D eigenvalue weighted by Gasteiger charge is -2.41. The maximum atomic E-state index is 2.60. The van der Waals surface area contributed by atoms with Gasteiger partial charge in [-0.3, -0.25) is 4.90 Å². The van der Waals surface area contributed by atoms with E-state index < -0.39 is 0 Å². The summed E-state index contributed by atoms with van der Waals surface area (Å²) < 4.78 is 0. The lowest BCUT2D eigenvalue weighted by Crippen LogP contribution is -2.53. The third-order valence-corrected chi connectivity index (χ3v) is 4.24. The predicted octanol–water partition coefficient (Wildman–Crippen LogP) is 3.36. The Hall–Kier alpha value is -1.12. The first-order valence-corrected chi connectivity index (χ1v) is 7.71. The second-order valence-corrected chi connectivity index (χ2v) is 6.43. The molecule has 1 heterocycles. The molecule has 2 nitrogen and oxygen atoms in total. The van der Waals surface area contributed by atoms with Gasteiger partial charge in [0, 0.05) is 32.2 Å². The van der Waals surface area contributed by atoms with Crippen LogP contribution in [-0.4, -0.2) is 49.1 Å². The maximum absolute atomic E-state index is 2.60. The summed E-state index contributed by atoms with van der Waals surface area (Å²) in [5.41, 5.74) is 2.75. The van der Waals surface area contributed by atoms with Crippen molar-refractivity contribution in [2.24, 2.45) is 5.92 Å². The van der Waals surface area contributed by atoms with Crippen LogP contribution in [0, 0.1) is 5.92 Å². The molecular formula is C18H28N2. The fourth-order valence-corrected chi connectivity index (χ4v) is 3.06. The van der Waals surface area contributed by atoms with Crippen LogP contribution in [0.1, 0.15) is 26.3 Å². The van der Waals surface area contributed by atoms with Crippen molar-refractivity contribution in [1.29, 1.82) is 0 Å². The molecular weight excluding hydrogens is 244 g/mol. The molecule has 0 N–H and O–H groups in total. The average Bonchev–Trinajstić information content (AvgIpc) is 2.41. The van der Waals surface area contributed by atoms with Crippen LogP contribution in [-0.2, 0) is 0 Å². The molecule has 0 aliphatic carbocycles. The number of rotatable bonds is 4. The number of piperazine rings is 1. The van der Waals surface area contributed by atoms with Gasteiger partial charge in [0.25, 0.3) is 0 Å². The van der Waals surface area contributed by atoms with Gasteiger partial charge < -0.3 is 4.90 Å². The lowest BCUT2D eigenvalue weighted by molar-refractivity contribution is 0.0758. The van der Waals surface area contributed by atoms with Gasteiger partial charge in [-0.1, -0.05) is 55.8 Å². The van der Waals surface area contributed by atoms with Crippen molar-refractivity contribution < 1.29 is 0 Å². The molecule has 1 aliphatic heterocycles. The van der Waals surface area contributed by atoms with Crippen LogP contribution in [0.4, 0.5) is 0 Å². The van der Waals surface area contributed by atoms with Gasteiger partial charge in [-0.05, 0) is 25.5 Å². The van der Waals surface area contributed by atoms with E-state index in [1.54, 1.807) is 0 Å². The normalized spacial score (nSPS) is 22.4. The summed E-state index contributed by atoms with van der Waals surface area (Å²) in [7, 11) is 2.26. The van der Waals surface area contributed by atoms with Crippen LogP contribution in [0.2, 0.25) is 0 Å². The zero-order chi connectivity index (χ0) is 14.5. The second kappa shape index (κ2) is 7.05. The third-order valence-electron chi connectivity index (χ3n) is 4.24. The van der Waals surface area contributed by atoms with E-state index in [0.29, 0.717) is 6.04 Å². The third kappa shape index (κ3) is 4.19. The van der Waals surface area contributed by atoms with E-state index in [1.165, 1.54) is 30.8 Å². The Labute approximate surface area is 124 Å².